The number of hydrogen-bond donors (Lipinski definition) is 0. The first kappa shape index (κ1) is 13.7. The summed E-state index contributed by atoms with van der Waals surface area (Å²) in [5.41, 5.74) is 0.162. The van der Waals surface area contributed by atoms with Crippen molar-refractivity contribution in [1.82, 2.24) is 0 Å². The van der Waals surface area contributed by atoms with E-state index in [1.807, 2.05) is 0 Å². The molecule has 0 saturated carbocycles. The molecule has 1 fully saturated rings. The number of hydrogen-bond acceptors (Lipinski definition) is 1. The van der Waals surface area contributed by atoms with Crippen molar-refractivity contribution in [3.63, 3.8) is 0 Å². The number of rotatable bonds is 1. The standard InChI is InChI=1S/C11H28OSi3/c1-9-15(8)10-11(2,3)12-13(4,5)14(15,6)7/h9-10H2,1-8H3. The van der Waals surface area contributed by atoms with Gasteiger partial charge in [-0.3, -0.25) is 0 Å². The third kappa shape index (κ3) is 2.06. The molecule has 0 aliphatic carbocycles. The van der Waals surface area contributed by atoms with Crippen molar-refractivity contribution < 1.29 is 4.43 Å². The van der Waals surface area contributed by atoms with Gasteiger partial charge >= 0.3 is 0 Å². The van der Waals surface area contributed by atoms with E-state index < -0.39 is 22.5 Å². The largest absolute Gasteiger partial charge is 0.416 e. The van der Waals surface area contributed by atoms with Crippen LogP contribution in [0.5, 0.6) is 0 Å². The molecule has 1 rings (SSSR count). The highest BCUT2D eigenvalue weighted by atomic mass is 29.6. The first-order chi connectivity index (χ1) is 6.47. The molecule has 0 aromatic carbocycles. The van der Waals surface area contributed by atoms with Crippen LogP contribution in [0.25, 0.3) is 0 Å². The fourth-order valence-electron chi connectivity index (χ4n) is 3.31. The monoisotopic (exact) mass is 260 g/mol. The third-order valence-electron chi connectivity index (χ3n) is 5.14. The van der Waals surface area contributed by atoms with Crippen LogP contribution in [0.4, 0.5) is 0 Å². The molecule has 1 heterocycles. The predicted molar refractivity (Wildman–Crippen MR) is 77.0 cm³/mol. The van der Waals surface area contributed by atoms with Crippen LogP contribution in [0.3, 0.4) is 0 Å². The van der Waals surface area contributed by atoms with Crippen LogP contribution >= 0.6 is 0 Å². The maximum atomic E-state index is 6.51. The Hall–Kier alpha value is 0.611. The van der Waals surface area contributed by atoms with Gasteiger partial charge in [0, 0.05) is 13.2 Å². The van der Waals surface area contributed by atoms with Crippen LogP contribution in [-0.4, -0.2) is 28.1 Å². The van der Waals surface area contributed by atoms with E-state index in [0.29, 0.717) is 0 Å². The Balaban J connectivity index is 3.18. The zero-order chi connectivity index (χ0) is 12.1. The van der Waals surface area contributed by atoms with E-state index in [0.717, 1.165) is 0 Å². The molecule has 15 heavy (non-hydrogen) atoms. The van der Waals surface area contributed by atoms with E-state index in [1.54, 1.807) is 0 Å². The summed E-state index contributed by atoms with van der Waals surface area (Å²) < 4.78 is 6.51. The van der Waals surface area contributed by atoms with E-state index in [-0.39, 0.29) is 5.60 Å². The first-order valence-corrected chi connectivity index (χ1v) is 17.0. The van der Waals surface area contributed by atoms with Crippen LogP contribution in [-0.2, 0) is 4.43 Å². The highest BCUT2D eigenvalue weighted by molar-refractivity contribution is 7.67. The average Bonchev–Trinajstić information content (AvgIpc) is 1.98. The van der Waals surface area contributed by atoms with E-state index in [2.05, 4.69) is 53.5 Å². The van der Waals surface area contributed by atoms with Crippen LogP contribution in [0.1, 0.15) is 20.8 Å². The molecule has 0 amide bonds. The minimum atomic E-state index is -1.41. The molecule has 1 unspecified atom stereocenters. The summed E-state index contributed by atoms with van der Waals surface area (Å²) in [6.07, 6.45) is 0. The van der Waals surface area contributed by atoms with Crippen molar-refractivity contribution in [2.45, 2.75) is 71.2 Å². The molecule has 0 aromatic heterocycles. The third-order valence-corrected chi connectivity index (χ3v) is 46.3. The van der Waals surface area contributed by atoms with E-state index in [1.165, 1.54) is 12.1 Å². The highest BCUT2D eigenvalue weighted by Crippen LogP contribution is 2.45. The van der Waals surface area contributed by atoms with Gasteiger partial charge in [-0.05, 0) is 33.0 Å². The van der Waals surface area contributed by atoms with E-state index in [4.69, 9.17) is 4.43 Å². The molecule has 0 spiro atoms. The van der Waals surface area contributed by atoms with Crippen LogP contribution in [0, 0.1) is 0 Å². The lowest BCUT2D eigenvalue weighted by Gasteiger charge is -2.58. The maximum absolute atomic E-state index is 6.51. The molecular weight excluding hydrogens is 232 g/mol. The van der Waals surface area contributed by atoms with Crippen LogP contribution < -0.4 is 0 Å². The van der Waals surface area contributed by atoms with E-state index in [9.17, 15) is 0 Å². The maximum Gasteiger partial charge on any atom is 0.172 e. The fourth-order valence-corrected chi connectivity index (χ4v) is 37.3. The molecule has 1 nitrogen and oxygen atoms in total. The molecule has 90 valence electrons. The summed E-state index contributed by atoms with van der Waals surface area (Å²) >= 11 is 0. The molecule has 1 aliphatic rings. The normalized spacial score (nSPS) is 37.6. The lowest BCUT2D eigenvalue weighted by Crippen LogP contribution is -2.78. The molecule has 4 heteroatoms. The van der Waals surface area contributed by atoms with Gasteiger partial charge in [-0.2, -0.15) is 0 Å². The van der Waals surface area contributed by atoms with Gasteiger partial charge in [0.2, 0.25) is 0 Å². The van der Waals surface area contributed by atoms with Crippen LogP contribution in [0.2, 0.25) is 44.8 Å². The van der Waals surface area contributed by atoms with Gasteiger partial charge in [0.1, 0.15) is 0 Å². The Labute approximate surface area is 98.3 Å². The minimum absolute atomic E-state index is 0.162. The summed E-state index contributed by atoms with van der Waals surface area (Å²) in [5.74, 6) is 0. The van der Waals surface area contributed by atoms with Gasteiger partial charge < -0.3 is 4.43 Å². The Morgan fingerprint density at radius 2 is 1.53 bits per heavy atom. The SMILES string of the molecule is CC[Si]1(C)CC(C)(C)O[Si](C)(C)[Si]1(C)C. The topological polar surface area (TPSA) is 9.23 Å². The van der Waals surface area contributed by atoms with Crippen LogP contribution in [0.15, 0.2) is 0 Å². The molecule has 0 radical (unpaired) electrons. The average molecular weight is 261 g/mol. The predicted octanol–water partition coefficient (Wildman–Crippen LogP) is 3.96. The zero-order valence-electron chi connectivity index (χ0n) is 11.8. The van der Waals surface area contributed by atoms with Crippen molar-refractivity contribution in [3.8, 4) is 0 Å². The summed E-state index contributed by atoms with van der Waals surface area (Å²) in [6, 6.07) is 2.83. The van der Waals surface area contributed by atoms with Crippen molar-refractivity contribution >= 4 is 22.5 Å². The van der Waals surface area contributed by atoms with Gasteiger partial charge in [0.25, 0.3) is 0 Å². The lowest BCUT2D eigenvalue weighted by atomic mass is 10.2. The van der Waals surface area contributed by atoms with Gasteiger partial charge in [-0.25, -0.2) is 0 Å². The first-order valence-electron chi connectivity index (χ1n) is 6.18. The Kier molecular flexibility index (Phi) is 3.24. The molecular formula is C11H28OSi3. The quantitative estimate of drug-likeness (QED) is 0.648. The Bertz CT molecular complexity index is 261. The summed E-state index contributed by atoms with van der Waals surface area (Å²) in [5, 5.41) is 0. The van der Waals surface area contributed by atoms with Gasteiger partial charge in [0.05, 0.1) is 7.11 Å². The minimum Gasteiger partial charge on any atom is -0.416 e. The van der Waals surface area contributed by atoms with Gasteiger partial charge in [-0.15, -0.1) is 0 Å². The van der Waals surface area contributed by atoms with Crippen molar-refractivity contribution in [2.24, 2.45) is 0 Å². The summed E-state index contributed by atoms with van der Waals surface area (Å²) in [7, 11) is -3.55. The van der Waals surface area contributed by atoms with Gasteiger partial charge in [0.15, 0.2) is 7.83 Å². The molecule has 0 N–H and O–H groups in total. The Morgan fingerprint density at radius 3 is 1.93 bits per heavy atom. The van der Waals surface area contributed by atoms with E-state index >= 15 is 0 Å². The second-order valence-electron chi connectivity index (χ2n) is 7.09. The second-order valence-corrected chi connectivity index (χ2v) is 34.0. The van der Waals surface area contributed by atoms with Crippen molar-refractivity contribution in [1.29, 1.82) is 0 Å². The molecule has 0 bridgehead atoms. The molecule has 1 saturated heterocycles. The van der Waals surface area contributed by atoms with Gasteiger partial charge in [-0.1, -0.05) is 32.6 Å². The summed E-state index contributed by atoms with van der Waals surface area (Å²) in [4.78, 5) is 0. The van der Waals surface area contributed by atoms with Crippen molar-refractivity contribution in [3.05, 3.63) is 0 Å². The summed E-state index contributed by atoms with van der Waals surface area (Å²) in [6.45, 7) is 19.9. The zero-order valence-corrected chi connectivity index (χ0v) is 14.8. The second kappa shape index (κ2) is 3.55. The molecule has 0 aromatic rings. The fraction of sp³-hybridized carbons (Fsp3) is 1.00. The molecule has 1 aliphatic heterocycles. The lowest BCUT2D eigenvalue weighted by molar-refractivity contribution is 0.122. The van der Waals surface area contributed by atoms with Crippen molar-refractivity contribution in [2.75, 3.05) is 0 Å². The highest BCUT2D eigenvalue weighted by Gasteiger charge is 2.61. The molecule has 1 atom stereocenters. The Morgan fingerprint density at radius 1 is 1.07 bits per heavy atom. The smallest absolute Gasteiger partial charge is 0.172 e.